The Hall–Kier alpha value is -2.62. The molecule has 0 bridgehead atoms. The van der Waals surface area contributed by atoms with E-state index < -0.39 is 10.0 Å². The van der Waals surface area contributed by atoms with Crippen molar-refractivity contribution in [3.63, 3.8) is 0 Å². The van der Waals surface area contributed by atoms with Crippen LogP contribution in [0.1, 0.15) is 18.4 Å². The maximum Gasteiger partial charge on any atom is 0.243 e. The number of carbonyl (C=O) groups excluding carboxylic acids is 1. The van der Waals surface area contributed by atoms with Crippen molar-refractivity contribution in [2.24, 2.45) is 11.0 Å². The summed E-state index contributed by atoms with van der Waals surface area (Å²) in [4.78, 5) is 12.6. The molecule has 8 nitrogen and oxygen atoms in total. The fourth-order valence-corrected chi connectivity index (χ4v) is 4.90. The van der Waals surface area contributed by atoms with Crippen LogP contribution >= 0.6 is 11.6 Å². The first-order chi connectivity index (χ1) is 14.8. The number of methoxy groups -OCH3 is 2. The lowest BCUT2D eigenvalue weighted by Gasteiger charge is -2.30. The maximum absolute atomic E-state index is 12.7. The first kappa shape index (κ1) is 23.1. The number of rotatable bonds is 7. The molecule has 0 radical (unpaired) electrons. The van der Waals surface area contributed by atoms with Crippen LogP contribution in [0.15, 0.2) is 52.5 Å². The van der Waals surface area contributed by atoms with Crippen LogP contribution in [0.25, 0.3) is 0 Å². The van der Waals surface area contributed by atoms with Crippen LogP contribution in [-0.4, -0.2) is 52.2 Å². The van der Waals surface area contributed by atoms with E-state index in [9.17, 15) is 13.2 Å². The van der Waals surface area contributed by atoms with E-state index in [2.05, 4.69) is 10.5 Å². The molecule has 0 aromatic heterocycles. The smallest absolute Gasteiger partial charge is 0.243 e. The third-order valence-corrected chi connectivity index (χ3v) is 7.24. The zero-order valence-electron chi connectivity index (χ0n) is 17.2. The van der Waals surface area contributed by atoms with Crippen LogP contribution in [0.5, 0.6) is 11.5 Å². The minimum atomic E-state index is -3.60. The van der Waals surface area contributed by atoms with Crippen LogP contribution in [0.2, 0.25) is 5.02 Å². The Balaban J connectivity index is 1.54. The molecular formula is C21H24ClN3O5S. The number of halogens is 1. The molecule has 0 unspecified atom stereocenters. The summed E-state index contributed by atoms with van der Waals surface area (Å²) in [6.45, 7) is 0.533. The largest absolute Gasteiger partial charge is 0.493 e. The van der Waals surface area contributed by atoms with Gasteiger partial charge >= 0.3 is 0 Å². The summed E-state index contributed by atoms with van der Waals surface area (Å²) < 4.78 is 37.3. The van der Waals surface area contributed by atoms with E-state index in [1.165, 1.54) is 22.7 Å². The van der Waals surface area contributed by atoms with Crippen LogP contribution in [-0.2, 0) is 14.8 Å². The van der Waals surface area contributed by atoms with Crippen LogP contribution < -0.4 is 14.9 Å². The number of benzene rings is 2. The molecular weight excluding hydrogens is 442 g/mol. The third-order valence-electron chi connectivity index (χ3n) is 5.07. The quantitative estimate of drug-likeness (QED) is 0.501. The zero-order chi connectivity index (χ0) is 22.4. The molecule has 1 aliphatic heterocycles. The van der Waals surface area contributed by atoms with E-state index in [0.717, 1.165) is 5.56 Å². The van der Waals surface area contributed by atoms with E-state index in [-0.39, 0.29) is 29.8 Å². The summed E-state index contributed by atoms with van der Waals surface area (Å²) in [7, 11) is -0.507. The molecule has 31 heavy (non-hydrogen) atoms. The molecule has 2 aromatic carbocycles. The number of hydrogen-bond donors (Lipinski definition) is 1. The third kappa shape index (κ3) is 5.55. The lowest BCUT2D eigenvalue weighted by molar-refractivity contribution is -0.126. The van der Waals surface area contributed by atoms with E-state index in [4.69, 9.17) is 21.1 Å². The average molecular weight is 466 g/mol. The van der Waals surface area contributed by atoms with Gasteiger partial charge in [-0.15, -0.1) is 0 Å². The van der Waals surface area contributed by atoms with Crippen molar-refractivity contribution in [3.05, 3.63) is 53.1 Å². The van der Waals surface area contributed by atoms with Gasteiger partial charge in [0.1, 0.15) is 0 Å². The molecule has 0 spiro atoms. The van der Waals surface area contributed by atoms with Crippen molar-refractivity contribution in [1.82, 2.24) is 9.73 Å². The van der Waals surface area contributed by atoms with E-state index in [1.807, 2.05) is 0 Å². The molecule has 1 saturated heterocycles. The molecule has 3 rings (SSSR count). The Morgan fingerprint density at radius 1 is 1.10 bits per heavy atom. The van der Waals surface area contributed by atoms with Crippen molar-refractivity contribution in [1.29, 1.82) is 0 Å². The Labute approximate surface area is 186 Å². The van der Waals surface area contributed by atoms with Gasteiger partial charge in [0.2, 0.25) is 15.9 Å². The lowest BCUT2D eigenvalue weighted by atomic mass is 9.98. The zero-order valence-corrected chi connectivity index (χ0v) is 18.8. The highest BCUT2D eigenvalue weighted by molar-refractivity contribution is 7.89. The van der Waals surface area contributed by atoms with E-state index >= 15 is 0 Å². The predicted molar refractivity (Wildman–Crippen MR) is 118 cm³/mol. The Bertz CT molecular complexity index is 1050. The molecule has 10 heteroatoms. The average Bonchev–Trinajstić information content (AvgIpc) is 2.79. The monoisotopic (exact) mass is 465 g/mol. The van der Waals surface area contributed by atoms with Gasteiger partial charge in [-0.1, -0.05) is 11.6 Å². The normalized spacial score (nSPS) is 15.7. The summed E-state index contributed by atoms with van der Waals surface area (Å²) in [5, 5.41) is 4.48. The SMILES string of the molecule is COc1ccc(/C=N\NC(=O)C2CCN(S(=O)(=O)c3ccc(Cl)cc3)CC2)cc1OC. The molecule has 1 amide bonds. The van der Waals surface area contributed by atoms with Crippen LogP contribution in [0.3, 0.4) is 0 Å². The van der Waals surface area contributed by atoms with Gasteiger partial charge in [0.05, 0.1) is 25.3 Å². The molecule has 1 aliphatic rings. The number of sulfonamides is 1. The highest BCUT2D eigenvalue weighted by Crippen LogP contribution is 2.27. The number of nitrogens with one attached hydrogen (secondary N) is 1. The summed E-state index contributed by atoms with van der Waals surface area (Å²) in [5.74, 6) is 0.621. The summed E-state index contributed by atoms with van der Waals surface area (Å²) in [5.41, 5.74) is 3.27. The lowest BCUT2D eigenvalue weighted by Crippen LogP contribution is -2.42. The molecule has 0 saturated carbocycles. The van der Waals surface area contributed by atoms with E-state index in [0.29, 0.717) is 29.4 Å². The second-order valence-corrected chi connectivity index (χ2v) is 9.36. The second kappa shape index (κ2) is 10.1. The number of hydrazone groups is 1. The maximum atomic E-state index is 12.7. The first-order valence-corrected chi connectivity index (χ1v) is 11.5. The molecule has 1 N–H and O–H groups in total. The number of ether oxygens (including phenoxy) is 2. The number of nitrogens with zero attached hydrogens (tertiary/aromatic N) is 2. The molecule has 1 heterocycles. The van der Waals surface area contributed by atoms with Crippen molar-refractivity contribution < 1.29 is 22.7 Å². The van der Waals surface area contributed by atoms with Gasteiger partial charge in [-0.3, -0.25) is 4.79 Å². The van der Waals surface area contributed by atoms with Crippen molar-refractivity contribution >= 4 is 33.7 Å². The van der Waals surface area contributed by atoms with Gasteiger partial charge in [0, 0.05) is 24.0 Å². The number of hydrogen-bond acceptors (Lipinski definition) is 6. The highest BCUT2D eigenvalue weighted by Gasteiger charge is 2.32. The summed E-state index contributed by atoms with van der Waals surface area (Å²) in [6.07, 6.45) is 2.36. The Morgan fingerprint density at radius 3 is 2.35 bits per heavy atom. The Kier molecular flexibility index (Phi) is 7.53. The van der Waals surface area contributed by atoms with Crippen molar-refractivity contribution in [2.75, 3.05) is 27.3 Å². The number of carbonyl (C=O) groups is 1. The van der Waals surface area contributed by atoms with Crippen LogP contribution in [0, 0.1) is 5.92 Å². The van der Waals surface area contributed by atoms with Gasteiger partial charge < -0.3 is 9.47 Å². The molecule has 1 fully saturated rings. The topological polar surface area (TPSA) is 97.3 Å². The van der Waals surface area contributed by atoms with Crippen molar-refractivity contribution in [2.45, 2.75) is 17.7 Å². The molecule has 2 aromatic rings. The van der Waals surface area contributed by atoms with Gasteiger partial charge in [-0.05, 0) is 60.9 Å². The summed E-state index contributed by atoms with van der Waals surface area (Å²) >= 11 is 5.83. The molecule has 166 valence electrons. The fourth-order valence-electron chi connectivity index (χ4n) is 3.31. The predicted octanol–water partition coefficient (Wildman–Crippen LogP) is 2.91. The van der Waals surface area contributed by atoms with Crippen LogP contribution in [0.4, 0.5) is 0 Å². The fraction of sp³-hybridized carbons (Fsp3) is 0.333. The number of amides is 1. The van der Waals surface area contributed by atoms with Gasteiger partial charge in [-0.2, -0.15) is 9.41 Å². The van der Waals surface area contributed by atoms with Gasteiger partial charge in [0.25, 0.3) is 0 Å². The van der Waals surface area contributed by atoms with Crippen molar-refractivity contribution in [3.8, 4) is 11.5 Å². The Morgan fingerprint density at radius 2 is 1.74 bits per heavy atom. The number of piperidine rings is 1. The minimum Gasteiger partial charge on any atom is -0.493 e. The van der Waals surface area contributed by atoms with Gasteiger partial charge in [0.15, 0.2) is 11.5 Å². The first-order valence-electron chi connectivity index (χ1n) is 9.66. The highest BCUT2D eigenvalue weighted by atomic mass is 35.5. The van der Waals surface area contributed by atoms with E-state index in [1.54, 1.807) is 44.6 Å². The molecule has 0 aliphatic carbocycles. The summed E-state index contributed by atoms with van der Waals surface area (Å²) in [6, 6.07) is 11.3. The van der Waals surface area contributed by atoms with Gasteiger partial charge in [-0.25, -0.2) is 13.8 Å². The second-order valence-electron chi connectivity index (χ2n) is 6.98. The standard InChI is InChI=1S/C21H24ClN3O5S/c1-29-19-8-3-15(13-20(19)30-2)14-23-24-21(26)16-9-11-25(12-10-16)31(27,28)18-6-4-17(22)5-7-18/h3-8,13-14,16H,9-12H2,1-2H3,(H,24,26)/b23-14-. The minimum absolute atomic E-state index is 0.194. The molecule has 0 atom stereocenters.